The summed E-state index contributed by atoms with van der Waals surface area (Å²) in [5.74, 6) is 2.90. The number of aromatic nitrogens is 4. The highest BCUT2D eigenvalue weighted by atomic mass is 16.3. The first-order chi connectivity index (χ1) is 34.8. The minimum atomic E-state index is 0.716. The van der Waals surface area contributed by atoms with Crippen molar-refractivity contribution in [3.8, 4) is 29.3 Å². The van der Waals surface area contributed by atoms with Crippen LogP contribution in [0.15, 0.2) is 69.0 Å². The molecular formula is C47H54B22N4O. The second-order valence-electron chi connectivity index (χ2n) is 22.1. The fraction of sp³-hybridized carbons (Fsp3) is 0.0213. The lowest BCUT2D eigenvalue weighted by Crippen LogP contribution is -2.50. The third kappa shape index (κ3) is 7.56. The number of furan rings is 1. The Morgan fingerprint density at radius 2 is 1.11 bits per heavy atom. The molecule has 4 aromatic heterocycles. The zero-order valence-electron chi connectivity index (χ0n) is 48.6. The van der Waals surface area contributed by atoms with Crippen molar-refractivity contribution in [2.75, 3.05) is 0 Å². The van der Waals surface area contributed by atoms with Crippen molar-refractivity contribution in [2.24, 2.45) is 0 Å². The number of rotatable bonds is 8. The molecule has 0 unspecified atom stereocenters. The van der Waals surface area contributed by atoms with Crippen LogP contribution in [0.2, 0.25) is 0 Å². The molecule has 0 aliphatic rings. The second-order valence-corrected chi connectivity index (χ2v) is 22.1. The Balaban J connectivity index is 1.41. The SMILES string of the molecule is BC(=C)/C(=C(/B)c1c(B)n(-c2c(B)c(B)c(B)c(-c3ncnc4c3oc3ccccc34)c2B)c2c(B)c(B)c(B)c(B)c12)c1c(B)c(B)c2c(c1B)c1c(B)c(B)c(B)c(B)c1n2C/C(B)=C(B)\C(B)=C(\B)C#C. The quantitative estimate of drug-likeness (QED) is 0.0867. The summed E-state index contributed by atoms with van der Waals surface area (Å²) in [5.41, 5.74) is 40.6. The van der Waals surface area contributed by atoms with E-state index in [1.807, 2.05) is 26.0 Å². The maximum atomic E-state index is 6.64. The molecular weight excluding hydrogens is 874 g/mol. The lowest BCUT2D eigenvalue weighted by atomic mass is 9.61. The molecule has 0 bridgehead atoms. The molecule has 0 N–H and O–H groups in total. The Morgan fingerprint density at radius 1 is 0.568 bits per heavy atom. The van der Waals surface area contributed by atoms with E-state index < -0.39 is 0 Å². The Hall–Kier alpha value is -5.73. The summed E-state index contributed by atoms with van der Waals surface area (Å²) in [5, 5.41) is 4.97. The summed E-state index contributed by atoms with van der Waals surface area (Å²) in [6, 6.07) is 8.15. The van der Waals surface area contributed by atoms with Crippen LogP contribution in [0.25, 0.3) is 82.8 Å². The summed E-state index contributed by atoms with van der Waals surface area (Å²) in [6.45, 7) is 5.62. The Kier molecular flexibility index (Phi) is 13.7. The number of benzene rings is 5. The van der Waals surface area contributed by atoms with Crippen LogP contribution in [0, 0.1) is 12.3 Å². The van der Waals surface area contributed by atoms with Crippen molar-refractivity contribution in [1.29, 1.82) is 0 Å². The zero-order chi connectivity index (χ0) is 54.2. The molecule has 0 saturated carbocycles. The lowest BCUT2D eigenvalue weighted by molar-refractivity contribution is 0.667. The van der Waals surface area contributed by atoms with Crippen molar-refractivity contribution < 1.29 is 4.42 Å². The van der Waals surface area contributed by atoms with Crippen LogP contribution in [0.1, 0.15) is 11.1 Å². The van der Waals surface area contributed by atoms with Gasteiger partial charge in [-0.25, -0.2) is 9.97 Å². The van der Waals surface area contributed by atoms with Crippen LogP contribution in [0.4, 0.5) is 0 Å². The third-order valence-corrected chi connectivity index (χ3v) is 18.6. The molecule has 4 heterocycles. The highest BCUT2D eigenvalue weighted by Gasteiger charge is 2.30. The molecule has 0 radical (unpaired) electrons. The summed E-state index contributed by atoms with van der Waals surface area (Å²) < 4.78 is 11.9. The molecule has 27 heteroatoms. The van der Waals surface area contributed by atoms with Crippen LogP contribution in [-0.4, -0.2) is 192 Å². The fourth-order valence-electron chi connectivity index (χ4n) is 13.1. The van der Waals surface area contributed by atoms with E-state index in [0.717, 1.165) is 50.7 Å². The van der Waals surface area contributed by atoms with E-state index in [2.05, 4.69) is 186 Å². The minimum absolute atomic E-state index is 0.716. The van der Waals surface area contributed by atoms with Gasteiger partial charge in [-0.2, -0.15) is 0 Å². The maximum Gasteiger partial charge on any atom is 0.180 e. The first-order valence-corrected chi connectivity index (χ1v) is 26.4. The van der Waals surface area contributed by atoms with Gasteiger partial charge in [-0.05, 0) is 56.2 Å². The zero-order valence-corrected chi connectivity index (χ0v) is 48.6. The summed E-state index contributed by atoms with van der Waals surface area (Å²) in [7, 11) is 50.2. The molecule has 0 aliphatic heterocycles. The second kappa shape index (κ2) is 19.1. The molecule has 0 aliphatic carbocycles. The van der Waals surface area contributed by atoms with Gasteiger partial charge in [-0.15, -0.1) is 29.4 Å². The smallest absolute Gasteiger partial charge is 0.180 e. The lowest BCUT2D eigenvalue weighted by Gasteiger charge is -2.25. The van der Waals surface area contributed by atoms with Gasteiger partial charge in [0.1, 0.15) is 188 Å². The Bertz CT molecular complexity index is 4230. The molecule has 5 nitrogen and oxygen atoms in total. The summed E-state index contributed by atoms with van der Waals surface area (Å²) in [4.78, 5) is 9.80. The van der Waals surface area contributed by atoms with Gasteiger partial charge in [0, 0.05) is 39.6 Å². The van der Waals surface area contributed by atoms with Gasteiger partial charge in [0.05, 0.1) is 0 Å². The first kappa shape index (κ1) is 53.1. The van der Waals surface area contributed by atoms with Gasteiger partial charge in [0.2, 0.25) is 0 Å². The van der Waals surface area contributed by atoms with E-state index in [4.69, 9.17) is 27.4 Å². The highest BCUT2D eigenvalue weighted by Crippen LogP contribution is 2.35. The predicted octanol–water partition coefficient (Wildman–Crippen LogP) is -22.5. The van der Waals surface area contributed by atoms with E-state index in [1.165, 1.54) is 159 Å². The molecule has 0 fully saturated rings. The van der Waals surface area contributed by atoms with E-state index in [1.54, 1.807) is 6.33 Å². The topological polar surface area (TPSA) is 48.8 Å². The molecule has 0 atom stereocenters. The van der Waals surface area contributed by atoms with Gasteiger partial charge in [0.25, 0.3) is 0 Å². The molecule has 9 rings (SSSR count). The fourth-order valence-corrected chi connectivity index (χ4v) is 13.1. The van der Waals surface area contributed by atoms with Crippen molar-refractivity contribution in [1.82, 2.24) is 19.1 Å². The van der Waals surface area contributed by atoms with Gasteiger partial charge in [-0.1, -0.05) is 111 Å². The maximum absolute atomic E-state index is 6.64. The molecule has 74 heavy (non-hydrogen) atoms. The first-order valence-electron chi connectivity index (χ1n) is 26.4. The predicted molar refractivity (Wildman–Crippen MR) is 392 cm³/mol. The van der Waals surface area contributed by atoms with E-state index in [-0.39, 0.29) is 0 Å². The molecule has 334 valence electrons. The van der Waals surface area contributed by atoms with Crippen molar-refractivity contribution in [3.05, 3.63) is 75.7 Å². The van der Waals surface area contributed by atoms with Crippen molar-refractivity contribution in [3.63, 3.8) is 0 Å². The average molecular weight is 929 g/mol. The van der Waals surface area contributed by atoms with Gasteiger partial charge < -0.3 is 13.6 Å². The Labute approximate surface area is 458 Å². The van der Waals surface area contributed by atoms with Crippen LogP contribution < -0.4 is 87.5 Å². The largest absolute Gasteiger partial charge is 0.452 e. The van der Waals surface area contributed by atoms with E-state index in [0.29, 0.717) is 5.58 Å². The normalized spacial score (nSPS) is 12.9. The Morgan fingerprint density at radius 3 is 1.72 bits per heavy atom. The van der Waals surface area contributed by atoms with Crippen LogP contribution in [0.5, 0.6) is 0 Å². The van der Waals surface area contributed by atoms with E-state index in [9.17, 15) is 0 Å². The number of para-hydroxylation sites is 1. The number of fused-ring (bicyclic) bond motifs is 7. The van der Waals surface area contributed by atoms with Crippen LogP contribution >= 0.6 is 0 Å². The van der Waals surface area contributed by atoms with E-state index >= 15 is 0 Å². The molecule has 5 aromatic carbocycles. The number of nitrogens with zero attached hydrogens (tertiary/aromatic N) is 4. The third-order valence-electron chi connectivity index (χ3n) is 18.6. The monoisotopic (exact) mass is 933 g/mol. The standard InChI is InChI=1S/C47H54B22N4O/c1-3-12(49)22(51)23(52)13(50)8-72-42-17(18-27(56)31(60)34(63)37(66)43(18)72)25(54)16(26(55)36(42)65)15(10(2)48)24(53)20-19-28(57)32(61)35(64)38(67)44(19)73(47(20)69)45-30(59)21(29(58)33(62)39(45)68)41-46-40(70-9-71-41)11-6-4-5-7-14(11)74-46/h1,4-7,9H,2,8,48-69H2/b22-12-,23-13-,24-15-. The van der Waals surface area contributed by atoms with Crippen molar-refractivity contribution >= 4 is 326 Å². The van der Waals surface area contributed by atoms with Gasteiger partial charge in [-0.3, -0.25) is 0 Å². The van der Waals surface area contributed by atoms with Crippen LogP contribution in [-0.2, 0) is 6.54 Å². The minimum Gasteiger partial charge on any atom is -0.452 e. The number of terminal acetylenes is 1. The molecule has 0 spiro atoms. The van der Waals surface area contributed by atoms with Crippen molar-refractivity contribution in [2.45, 2.75) is 6.54 Å². The number of hydrogen-bond acceptors (Lipinski definition) is 3. The molecule has 0 saturated heterocycles. The molecule has 9 aromatic rings. The van der Waals surface area contributed by atoms with Gasteiger partial charge in [0.15, 0.2) is 13.4 Å². The number of allylic oxidation sites excluding steroid dienone is 6. The summed E-state index contributed by atoms with van der Waals surface area (Å²) >= 11 is 0. The highest BCUT2D eigenvalue weighted by molar-refractivity contribution is 6.72. The van der Waals surface area contributed by atoms with Gasteiger partial charge >= 0.3 is 0 Å². The average Bonchev–Trinajstić information content (AvgIpc) is 4.03. The molecule has 0 amide bonds. The van der Waals surface area contributed by atoms with Crippen LogP contribution in [0.3, 0.4) is 0 Å². The summed E-state index contributed by atoms with van der Waals surface area (Å²) in [6.07, 6.45) is 7.64. The number of hydrogen-bond donors (Lipinski definition) is 0.